The largest absolute Gasteiger partial charge is 0.339 e. The molecule has 0 radical (unpaired) electrons. The van der Waals surface area contributed by atoms with Gasteiger partial charge in [0, 0.05) is 17.2 Å². The second-order valence-corrected chi connectivity index (χ2v) is 3.79. The van der Waals surface area contributed by atoms with Crippen LogP contribution in [0.2, 0.25) is 0 Å². The first-order valence-corrected chi connectivity index (χ1v) is 5.20. The van der Waals surface area contributed by atoms with Crippen LogP contribution in [0, 0.1) is 17.0 Å². The SMILES string of the molecule is Cc1cc(C(=O)NC2C=NN=C2)ccc1[N+](=O)[O-]. The highest BCUT2D eigenvalue weighted by Crippen LogP contribution is 2.18. The average Bonchev–Trinajstić information content (AvgIpc) is 2.81. The zero-order chi connectivity index (χ0) is 13.1. The number of amides is 1. The molecule has 1 aliphatic rings. The van der Waals surface area contributed by atoms with E-state index in [0.717, 1.165) is 0 Å². The number of nitro groups is 1. The van der Waals surface area contributed by atoms with Crippen molar-refractivity contribution < 1.29 is 9.72 Å². The maximum atomic E-state index is 11.8. The summed E-state index contributed by atoms with van der Waals surface area (Å²) in [5.41, 5.74) is 0.809. The molecule has 0 saturated heterocycles. The summed E-state index contributed by atoms with van der Waals surface area (Å²) in [5, 5.41) is 20.5. The van der Waals surface area contributed by atoms with Gasteiger partial charge in [-0.3, -0.25) is 14.9 Å². The number of benzene rings is 1. The number of nitro benzene ring substituents is 1. The van der Waals surface area contributed by atoms with Gasteiger partial charge in [0.05, 0.1) is 17.4 Å². The second-order valence-electron chi connectivity index (χ2n) is 3.79. The van der Waals surface area contributed by atoms with Gasteiger partial charge in [-0.2, -0.15) is 10.2 Å². The summed E-state index contributed by atoms with van der Waals surface area (Å²) < 4.78 is 0. The summed E-state index contributed by atoms with van der Waals surface area (Å²) in [6.07, 6.45) is 2.99. The summed E-state index contributed by atoms with van der Waals surface area (Å²) in [4.78, 5) is 22.0. The molecule has 1 amide bonds. The van der Waals surface area contributed by atoms with E-state index in [1.54, 1.807) is 6.92 Å². The minimum absolute atomic E-state index is 0.00413. The lowest BCUT2D eigenvalue weighted by molar-refractivity contribution is -0.385. The zero-order valence-electron chi connectivity index (χ0n) is 9.53. The minimum atomic E-state index is -0.479. The molecule has 0 aliphatic carbocycles. The van der Waals surface area contributed by atoms with Crippen molar-refractivity contribution in [1.82, 2.24) is 5.32 Å². The number of hydrogen-bond acceptors (Lipinski definition) is 5. The van der Waals surface area contributed by atoms with Gasteiger partial charge in [-0.05, 0) is 19.1 Å². The maximum absolute atomic E-state index is 11.8. The minimum Gasteiger partial charge on any atom is -0.339 e. The molecule has 0 aromatic heterocycles. The van der Waals surface area contributed by atoms with Gasteiger partial charge in [0.2, 0.25) is 0 Å². The molecule has 0 spiro atoms. The number of carbonyl (C=O) groups excluding carboxylic acids is 1. The maximum Gasteiger partial charge on any atom is 0.272 e. The molecule has 0 bridgehead atoms. The normalized spacial score (nSPS) is 13.8. The van der Waals surface area contributed by atoms with Crippen molar-refractivity contribution in [2.75, 3.05) is 0 Å². The second kappa shape index (κ2) is 4.74. The van der Waals surface area contributed by atoms with Crippen molar-refractivity contribution in [2.45, 2.75) is 13.0 Å². The van der Waals surface area contributed by atoms with E-state index in [-0.39, 0.29) is 17.6 Å². The van der Waals surface area contributed by atoms with E-state index in [4.69, 9.17) is 0 Å². The molecule has 7 nitrogen and oxygen atoms in total. The Bertz CT molecular complexity index is 553. The molecule has 92 valence electrons. The van der Waals surface area contributed by atoms with Crippen LogP contribution in [0.5, 0.6) is 0 Å². The summed E-state index contributed by atoms with van der Waals surface area (Å²) in [6, 6.07) is 3.90. The molecule has 7 heteroatoms. The molecule has 0 atom stereocenters. The van der Waals surface area contributed by atoms with Crippen molar-refractivity contribution >= 4 is 24.0 Å². The fourth-order valence-electron chi connectivity index (χ4n) is 1.57. The Kier molecular flexibility index (Phi) is 3.13. The Labute approximate surface area is 102 Å². The first-order chi connectivity index (χ1) is 8.58. The van der Waals surface area contributed by atoms with Crippen LogP contribution in [-0.4, -0.2) is 29.3 Å². The first kappa shape index (κ1) is 11.9. The van der Waals surface area contributed by atoms with Crippen LogP contribution in [-0.2, 0) is 0 Å². The van der Waals surface area contributed by atoms with E-state index in [2.05, 4.69) is 15.5 Å². The lowest BCUT2D eigenvalue weighted by atomic mass is 10.1. The predicted molar refractivity (Wildman–Crippen MR) is 66.1 cm³/mol. The standard InChI is InChI=1S/C11H10N4O3/c1-7-4-8(2-3-10(7)15(17)18)11(16)14-9-5-12-13-6-9/h2-6,9H,1H3,(H,14,16). The van der Waals surface area contributed by atoms with Crippen molar-refractivity contribution in [2.24, 2.45) is 10.2 Å². The Hall–Kier alpha value is -2.57. The summed E-state index contributed by atoms with van der Waals surface area (Å²) in [5.74, 6) is -0.321. The van der Waals surface area contributed by atoms with Crippen LogP contribution in [0.25, 0.3) is 0 Å². The molecule has 0 fully saturated rings. The average molecular weight is 246 g/mol. The Balaban J connectivity index is 2.16. The van der Waals surface area contributed by atoms with Crippen LogP contribution < -0.4 is 5.32 Å². The summed E-state index contributed by atoms with van der Waals surface area (Å²) in [6.45, 7) is 1.59. The van der Waals surface area contributed by atoms with Crippen LogP contribution in [0.3, 0.4) is 0 Å². The van der Waals surface area contributed by atoms with Gasteiger partial charge in [-0.15, -0.1) is 0 Å². The van der Waals surface area contributed by atoms with Crippen LogP contribution >= 0.6 is 0 Å². The van der Waals surface area contributed by atoms with Gasteiger partial charge in [0.25, 0.3) is 11.6 Å². The molecular weight excluding hydrogens is 236 g/mol. The zero-order valence-corrected chi connectivity index (χ0v) is 9.53. The van der Waals surface area contributed by atoms with Gasteiger partial charge in [-0.1, -0.05) is 0 Å². The van der Waals surface area contributed by atoms with E-state index in [0.29, 0.717) is 11.1 Å². The Morgan fingerprint density at radius 3 is 2.61 bits per heavy atom. The van der Waals surface area contributed by atoms with E-state index >= 15 is 0 Å². The Morgan fingerprint density at radius 2 is 2.06 bits per heavy atom. The van der Waals surface area contributed by atoms with E-state index in [9.17, 15) is 14.9 Å². The third-order valence-electron chi connectivity index (χ3n) is 2.47. The van der Waals surface area contributed by atoms with Crippen LogP contribution in [0.4, 0.5) is 5.69 Å². The summed E-state index contributed by atoms with van der Waals surface area (Å²) >= 11 is 0. The van der Waals surface area contributed by atoms with Crippen LogP contribution in [0.15, 0.2) is 28.4 Å². The third kappa shape index (κ3) is 2.40. The lowest BCUT2D eigenvalue weighted by Crippen LogP contribution is -2.35. The highest BCUT2D eigenvalue weighted by atomic mass is 16.6. The van der Waals surface area contributed by atoms with E-state index in [1.807, 2.05) is 0 Å². The predicted octanol–water partition coefficient (Wildman–Crippen LogP) is 1.07. The Morgan fingerprint density at radius 1 is 1.39 bits per heavy atom. The molecule has 1 aromatic carbocycles. The molecule has 18 heavy (non-hydrogen) atoms. The van der Waals surface area contributed by atoms with Gasteiger partial charge in [0.1, 0.15) is 6.04 Å². The monoisotopic (exact) mass is 246 g/mol. The molecule has 0 unspecified atom stereocenters. The van der Waals surface area contributed by atoms with Crippen molar-refractivity contribution in [3.8, 4) is 0 Å². The van der Waals surface area contributed by atoms with Crippen molar-refractivity contribution in [3.05, 3.63) is 39.4 Å². The van der Waals surface area contributed by atoms with Crippen LogP contribution in [0.1, 0.15) is 15.9 Å². The number of aryl methyl sites for hydroxylation is 1. The number of nitrogens with one attached hydrogen (secondary N) is 1. The highest BCUT2D eigenvalue weighted by molar-refractivity contribution is 6.01. The highest BCUT2D eigenvalue weighted by Gasteiger charge is 2.16. The topological polar surface area (TPSA) is 97.0 Å². The molecule has 1 aromatic rings. The van der Waals surface area contributed by atoms with Gasteiger partial charge >= 0.3 is 0 Å². The van der Waals surface area contributed by atoms with Crippen molar-refractivity contribution in [3.63, 3.8) is 0 Å². The van der Waals surface area contributed by atoms with Gasteiger partial charge < -0.3 is 5.32 Å². The molecule has 1 aliphatic heterocycles. The lowest BCUT2D eigenvalue weighted by Gasteiger charge is -2.07. The fraction of sp³-hybridized carbons (Fsp3) is 0.182. The van der Waals surface area contributed by atoms with Gasteiger partial charge in [-0.25, -0.2) is 0 Å². The number of hydrogen-bond donors (Lipinski definition) is 1. The number of nitrogens with zero attached hydrogens (tertiary/aromatic N) is 3. The molecule has 1 N–H and O–H groups in total. The van der Waals surface area contributed by atoms with Crippen molar-refractivity contribution in [1.29, 1.82) is 0 Å². The smallest absolute Gasteiger partial charge is 0.272 e. The summed E-state index contributed by atoms with van der Waals surface area (Å²) in [7, 11) is 0. The number of rotatable bonds is 3. The molecular formula is C11H10N4O3. The molecule has 0 saturated carbocycles. The van der Waals surface area contributed by atoms with E-state index in [1.165, 1.54) is 30.6 Å². The molecule has 2 rings (SSSR count). The third-order valence-corrected chi connectivity index (χ3v) is 2.47. The van der Waals surface area contributed by atoms with Gasteiger partial charge in [0.15, 0.2) is 0 Å². The fourth-order valence-corrected chi connectivity index (χ4v) is 1.57. The first-order valence-electron chi connectivity index (χ1n) is 5.20. The van der Waals surface area contributed by atoms with E-state index < -0.39 is 4.92 Å². The number of carbonyl (C=O) groups is 1. The molecule has 1 heterocycles. The quantitative estimate of drug-likeness (QED) is 0.638.